The topological polar surface area (TPSA) is 67.4 Å². The van der Waals surface area contributed by atoms with Gasteiger partial charge in [-0.2, -0.15) is 0 Å². The second kappa shape index (κ2) is 8.09. The zero-order valence-corrected chi connectivity index (χ0v) is 22.8. The van der Waals surface area contributed by atoms with Crippen molar-refractivity contribution in [2.24, 2.45) is 0 Å². The molecular formula is C18H31I2N3O3Si. The van der Waals surface area contributed by atoms with E-state index in [1.807, 2.05) is 20.8 Å². The minimum Gasteiger partial charge on any atom is -0.444 e. The van der Waals surface area contributed by atoms with Crippen LogP contribution in [0, 0.1) is 7.40 Å². The highest BCUT2D eigenvalue weighted by molar-refractivity contribution is 14.1. The molecule has 0 saturated carbocycles. The van der Waals surface area contributed by atoms with Crippen LogP contribution in [0.15, 0.2) is 0 Å². The number of hydrogen-bond donors (Lipinski definition) is 1. The summed E-state index contributed by atoms with van der Waals surface area (Å²) < 4.78 is 14.2. The fourth-order valence-electron chi connectivity index (χ4n) is 2.76. The highest BCUT2D eigenvalue weighted by Gasteiger charge is 2.45. The zero-order valence-electron chi connectivity index (χ0n) is 17.4. The maximum absolute atomic E-state index is 12.9. The van der Waals surface area contributed by atoms with Crippen molar-refractivity contribution < 1.29 is 14.0 Å². The third kappa shape index (κ3) is 5.81. The Morgan fingerprint density at radius 1 is 1.22 bits per heavy atom. The van der Waals surface area contributed by atoms with Gasteiger partial charge in [0, 0.05) is 13.0 Å². The largest absolute Gasteiger partial charge is 0.444 e. The van der Waals surface area contributed by atoms with Gasteiger partial charge in [-0.05, 0) is 84.1 Å². The van der Waals surface area contributed by atoms with Crippen molar-refractivity contribution in [2.75, 3.05) is 6.54 Å². The summed E-state index contributed by atoms with van der Waals surface area (Å²) in [5.74, 6) is 0.802. The van der Waals surface area contributed by atoms with Gasteiger partial charge >= 0.3 is 6.09 Å². The van der Waals surface area contributed by atoms with E-state index in [1.54, 1.807) is 4.90 Å². The van der Waals surface area contributed by atoms with E-state index < -0.39 is 13.9 Å². The van der Waals surface area contributed by atoms with E-state index in [2.05, 4.69) is 89.0 Å². The van der Waals surface area contributed by atoms with Crippen LogP contribution in [0.5, 0.6) is 0 Å². The zero-order chi connectivity index (χ0) is 20.8. The minimum absolute atomic E-state index is 0.0103. The average Bonchev–Trinajstić information content (AvgIpc) is 3.00. The molecule has 154 valence electrons. The molecule has 1 amide bonds. The molecule has 1 aliphatic heterocycles. The lowest BCUT2D eigenvalue weighted by Crippen LogP contribution is -2.45. The van der Waals surface area contributed by atoms with Crippen molar-refractivity contribution in [1.82, 2.24) is 14.9 Å². The molecule has 1 aromatic rings. The van der Waals surface area contributed by atoms with Crippen LogP contribution in [0.1, 0.15) is 59.8 Å². The lowest BCUT2D eigenvalue weighted by molar-refractivity contribution is 0.0203. The third-order valence-electron chi connectivity index (χ3n) is 5.11. The van der Waals surface area contributed by atoms with E-state index in [-0.39, 0.29) is 23.3 Å². The highest BCUT2D eigenvalue weighted by Crippen LogP contribution is 2.41. The van der Waals surface area contributed by atoms with E-state index in [9.17, 15) is 4.79 Å². The lowest BCUT2D eigenvalue weighted by atomic mass is 10.2. The van der Waals surface area contributed by atoms with Crippen LogP contribution in [-0.4, -0.2) is 47.5 Å². The summed E-state index contributed by atoms with van der Waals surface area (Å²) in [5, 5.41) is 0.122. The lowest BCUT2D eigenvalue weighted by Gasteiger charge is -2.38. The first-order valence-electron chi connectivity index (χ1n) is 9.19. The fraction of sp³-hybridized carbons (Fsp3) is 0.778. The standard InChI is InChI=1S/C18H31I2N3O3Si/c1-17(2,3)25-16(24)23-10-11(26-27(7,8)18(4,5)6)9-12(23)15-21-13(19)14(20)22-15/h11-12H,9-10H2,1-8H3,(H,21,22)/t11-,12+/m1/s1. The summed E-state index contributed by atoms with van der Waals surface area (Å²) >= 11 is 4.44. The number of rotatable bonds is 3. The van der Waals surface area contributed by atoms with E-state index in [1.165, 1.54) is 0 Å². The number of nitrogens with one attached hydrogen (secondary N) is 1. The smallest absolute Gasteiger partial charge is 0.411 e. The molecule has 2 rings (SSSR count). The number of hydrogen-bond acceptors (Lipinski definition) is 4. The molecule has 0 spiro atoms. The molecule has 27 heavy (non-hydrogen) atoms. The Balaban J connectivity index is 2.27. The van der Waals surface area contributed by atoms with Crippen LogP contribution in [0.25, 0.3) is 0 Å². The first kappa shape index (κ1) is 23.4. The molecule has 2 atom stereocenters. The summed E-state index contributed by atoms with van der Waals surface area (Å²) in [4.78, 5) is 22.6. The Morgan fingerprint density at radius 2 is 1.81 bits per heavy atom. The molecule has 9 heteroatoms. The summed E-state index contributed by atoms with van der Waals surface area (Å²) in [5.41, 5.74) is -0.536. The first-order valence-corrected chi connectivity index (χ1v) is 14.3. The number of ether oxygens (including phenoxy) is 1. The number of likely N-dealkylation sites (tertiary alicyclic amines) is 1. The normalized spacial score (nSPS) is 21.6. The Kier molecular flexibility index (Phi) is 7.01. The maximum atomic E-state index is 12.9. The Bertz CT molecular complexity index is 676. The van der Waals surface area contributed by atoms with Gasteiger partial charge in [-0.3, -0.25) is 4.90 Å². The predicted molar refractivity (Wildman–Crippen MR) is 126 cm³/mol. The highest BCUT2D eigenvalue weighted by atomic mass is 127. The second-order valence-corrected chi connectivity index (χ2v) is 16.5. The third-order valence-corrected chi connectivity index (χ3v) is 12.2. The van der Waals surface area contributed by atoms with Crippen LogP contribution in [0.4, 0.5) is 4.79 Å². The number of carbonyl (C=O) groups excluding carboxylic acids is 1. The summed E-state index contributed by atoms with van der Waals surface area (Å²) in [6.07, 6.45) is 0.407. The van der Waals surface area contributed by atoms with Gasteiger partial charge in [0.2, 0.25) is 0 Å². The van der Waals surface area contributed by atoms with Crippen LogP contribution >= 0.6 is 45.2 Å². The van der Waals surface area contributed by atoms with Gasteiger partial charge in [0.1, 0.15) is 18.8 Å². The molecule has 1 N–H and O–H groups in total. The van der Waals surface area contributed by atoms with Crippen LogP contribution in [0.2, 0.25) is 18.1 Å². The molecule has 1 fully saturated rings. The van der Waals surface area contributed by atoms with Crippen molar-refractivity contribution in [1.29, 1.82) is 0 Å². The second-order valence-electron chi connectivity index (χ2n) is 9.61. The van der Waals surface area contributed by atoms with Crippen molar-refractivity contribution in [3.8, 4) is 0 Å². The van der Waals surface area contributed by atoms with Gasteiger partial charge in [-0.25, -0.2) is 9.78 Å². The minimum atomic E-state index is -1.93. The molecule has 6 nitrogen and oxygen atoms in total. The molecule has 1 aromatic heterocycles. The van der Waals surface area contributed by atoms with Crippen LogP contribution < -0.4 is 0 Å². The van der Waals surface area contributed by atoms with Gasteiger partial charge in [0.05, 0.1) is 12.1 Å². The number of aromatic amines is 1. The van der Waals surface area contributed by atoms with Gasteiger partial charge in [-0.1, -0.05) is 20.8 Å². The summed E-state index contributed by atoms with van der Waals surface area (Å²) in [6.45, 7) is 17.4. The number of carbonyl (C=O) groups is 1. The van der Waals surface area contributed by atoms with E-state index in [0.29, 0.717) is 6.54 Å². The van der Waals surface area contributed by atoms with Gasteiger partial charge in [0.15, 0.2) is 8.32 Å². The fourth-order valence-corrected chi connectivity index (χ4v) is 4.91. The summed E-state index contributed by atoms with van der Waals surface area (Å²) in [6, 6.07) is -0.161. The molecular weight excluding hydrogens is 588 g/mol. The average molecular weight is 619 g/mol. The number of nitrogens with zero attached hydrogens (tertiary/aromatic N) is 2. The first-order chi connectivity index (χ1) is 12.1. The number of H-pyrrole nitrogens is 1. The van der Waals surface area contributed by atoms with Crippen LogP contribution in [0.3, 0.4) is 0 Å². The Morgan fingerprint density at radius 3 is 2.26 bits per heavy atom. The van der Waals surface area contributed by atoms with Crippen molar-refractivity contribution in [3.63, 3.8) is 0 Å². The van der Waals surface area contributed by atoms with E-state index in [0.717, 1.165) is 19.6 Å². The molecule has 0 aromatic carbocycles. The van der Waals surface area contributed by atoms with Crippen LogP contribution in [-0.2, 0) is 9.16 Å². The maximum Gasteiger partial charge on any atom is 0.411 e. The van der Waals surface area contributed by atoms with Crippen molar-refractivity contribution in [3.05, 3.63) is 13.2 Å². The van der Waals surface area contributed by atoms with E-state index >= 15 is 0 Å². The number of aromatic nitrogens is 2. The van der Waals surface area contributed by atoms with Gasteiger partial charge in [0.25, 0.3) is 0 Å². The molecule has 0 bridgehead atoms. The van der Waals surface area contributed by atoms with Gasteiger partial charge in [-0.15, -0.1) is 0 Å². The number of amides is 1. The quantitative estimate of drug-likeness (QED) is 0.349. The van der Waals surface area contributed by atoms with Crippen molar-refractivity contribution >= 4 is 59.6 Å². The number of halogens is 2. The molecule has 0 aliphatic carbocycles. The molecule has 0 unspecified atom stereocenters. The molecule has 0 radical (unpaired) electrons. The predicted octanol–water partition coefficient (Wildman–Crippen LogP) is 5.69. The summed E-state index contributed by atoms with van der Waals surface area (Å²) in [7, 11) is -1.93. The Hall–Kier alpha value is 0.117. The SMILES string of the molecule is CC(C)(C)OC(=O)N1C[C@H](O[Si](C)(C)C(C)(C)C)C[C@H]1c1nc(I)c(I)[nH]1. The Labute approximate surface area is 191 Å². The van der Waals surface area contributed by atoms with Crippen molar-refractivity contribution in [2.45, 2.75) is 83.8 Å². The molecule has 1 aliphatic rings. The monoisotopic (exact) mass is 619 g/mol. The molecule has 1 saturated heterocycles. The number of imidazole rings is 1. The van der Waals surface area contributed by atoms with E-state index in [4.69, 9.17) is 9.16 Å². The molecule has 2 heterocycles. The van der Waals surface area contributed by atoms with Gasteiger partial charge < -0.3 is 14.1 Å².